The Labute approximate surface area is 143 Å². The molecule has 1 fully saturated rings. The third-order valence-electron chi connectivity index (χ3n) is 4.40. The molecule has 0 spiro atoms. The summed E-state index contributed by atoms with van der Waals surface area (Å²) in [4.78, 5) is 14.3. The Morgan fingerprint density at radius 2 is 1.91 bits per heavy atom. The summed E-state index contributed by atoms with van der Waals surface area (Å²) in [5, 5.41) is -0.0366. The van der Waals surface area contributed by atoms with E-state index in [9.17, 15) is 4.79 Å². The van der Waals surface area contributed by atoms with Crippen molar-refractivity contribution in [3.8, 4) is 5.75 Å². The van der Waals surface area contributed by atoms with Gasteiger partial charge < -0.3 is 9.64 Å². The van der Waals surface area contributed by atoms with Gasteiger partial charge in [0.2, 0.25) is 0 Å². The molecule has 0 amide bonds. The molecule has 3 nitrogen and oxygen atoms in total. The first-order valence-electron chi connectivity index (χ1n) is 8.21. The number of thiol groups is 1. The van der Waals surface area contributed by atoms with E-state index < -0.39 is 0 Å². The number of rotatable bonds is 4. The SMILES string of the molecule is CC(=O)C1=CC(N2CCCC2)=CC(Oc2ccccc2)C(S)C1. The lowest BCUT2D eigenvalue weighted by atomic mass is 10.1. The molecule has 2 aliphatic rings. The minimum absolute atomic E-state index is 0.0366. The van der Waals surface area contributed by atoms with Crippen molar-refractivity contribution in [3.05, 3.63) is 53.8 Å². The first-order valence-corrected chi connectivity index (χ1v) is 8.73. The topological polar surface area (TPSA) is 29.5 Å². The molecule has 0 radical (unpaired) electrons. The van der Waals surface area contributed by atoms with E-state index in [-0.39, 0.29) is 17.1 Å². The van der Waals surface area contributed by atoms with Gasteiger partial charge in [-0.2, -0.15) is 12.6 Å². The van der Waals surface area contributed by atoms with E-state index in [1.54, 1.807) is 6.92 Å². The summed E-state index contributed by atoms with van der Waals surface area (Å²) >= 11 is 4.71. The van der Waals surface area contributed by atoms with E-state index in [4.69, 9.17) is 17.4 Å². The Bertz CT molecular complexity index is 618. The largest absolute Gasteiger partial charge is 0.485 e. The van der Waals surface area contributed by atoms with E-state index in [1.165, 1.54) is 12.8 Å². The Morgan fingerprint density at radius 1 is 1.22 bits per heavy atom. The van der Waals surface area contributed by atoms with Crippen molar-refractivity contribution in [2.75, 3.05) is 13.1 Å². The van der Waals surface area contributed by atoms with Crippen molar-refractivity contribution in [1.29, 1.82) is 0 Å². The molecular weight excluding hydrogens is 306 g/mol. The Hall–Kier alpha value is -1.68. The number of ether oxygens (including phenoxy) is 1. The third-order valence-corrected chi connectivity index (χ3v) is 4.88. The van der Waals surface area contributed by atoms with Gasteiger partial charge in [0.1, 0.15) is 11.9 Å². The maximum absolute atomic E-state index is 11.9. The fourth-order valence-corrected chi connectivity index (χ4v) is 3.44. The van der Waals surface area contributed by atoms with Crippen LogP contribution in [0.25, 0.3) is 0 Å². The summed E-state index contributed by atoms with van der Waals surface area (Å²) in [5.41, 5.74) is 1.94. The molecule has 3 rings (SSSR count). The molecule has 1 aromatic carbocycles. The smallest absolute Gasteiger partial charge is 0.155 e. The van der Waals surface area contributed by atoms with Crippen LogP contribution < -0.4 is 4.74 Å². The van der Waals surface area contributed by atoms with Crippen LogP contribution in [0.4, 0.5) is 0 Å². The fraction of sp³-hybridized carbons (Fsp3) is 0.421. The normalized spacial score (nSPS) is 24.7. The van der Waals surface area contributed by atoms with Crippen LogP contribution >= 0.6 is 12.6 Å². The number of carbonyl (C=O) groups is 1. The van der Waals surface area contributed by atoms with Crippen molar-refractivity contribution in [1.82, 2.24) is 4.90 Å². The highest BCUT2D eigenvalue weighted by molar-refractivity contribution is 7.81. The zero-order valence-corrected chi connectivity index (χ0v) is 14.3. The lowest BCUT2D eigenvalue weighted by Gasteiger charge is -2.23. The van der Waals surface area contributed by atoms with Crippen LogP contribution in [0.5, 0.6) is 5.75 Å². The molecule has 1 aliphatic carbocycles. The maximum atomic E-state index is 11.9. The van der Waals surface area contributed by atoms with Crippen molar-refractivity contribution >= 4 is 18.4 Å². The summed E-state index contributed by atoms with van der Waals surface area (Å²) in [5.74, 6) is 0.953. The van der Waals surface area contributed by atoms with Crippen LogP contribution in [0.1, 0.15) is 26.2 Å². The predicted octanol–water partition coefficient (Wildman–Crippen LogP) is 3.63. The molecule has 23 heavy (non-hydrogen) atoms. The van der Waals surface area contributed by atoms with Gasteiger partial charge >= 0.3 is 0 Å². The van der Waals surface area contributed by atoms with Gasteiger partial charge in [-0.1, -0.05) is 18.2 Å². The molecule has 4 heteroatoms. The molecule has 2 atom stereocenters. The zero-order chi connectivity index (χ0) is 16.2. The highest BCUT2D eigenvalue weighted by Gasteiger charge is 2.27. The monoisotopic (exact) mass is 329 g/mol. The first-order chi connectivity index (χ1) is 11.1. The average molecular weight is 329 g/mol. The van der Waals surface area contributed by atoms with E-state index in [1.807, 2.05) is 36.4 Å². The number of allylic oxidation sites excluding steroid dienone is 2. The van der Waals surface area contributed by atoms with Crippen LogP contribution in [0, 0.1) is 0 Å². The molecule has 2 unspecified atom stereocenters. The molecule has 0 saturated carbocycles. The molecule has 1 saturated heterocycles. The number of Topliss-reactive ketones (excluding diaryl/α,β-unsaturated/α-hetero) is 1. The second kappa shape index (κ2) is 7.26. The van der Waals surface area contributed by atoms with Crippen LogP contribution in [0.2, 0.25) is 0 Å². The second-order valence-electron chi connectivity index (χ2n) is 6.18. The molecule has 0 N–H and O–H groups in total. The van der Waals surface area contributed by atoms with Crippen LogP contribution in [-0.2, 0) is 4.79 Å². The summed E-state index contributed by atoms with van der Waals surface area (Å²) in [7, 11) is 0. The van der Waals surface area contributed by atoms with E-state index in [0.717, 1.165) is 30.1 Å². The third kappa shape index (κ3) is 3.99. The zero-order valence-electron chi connectivity index (χ0n) is 13.4. The summed E-state index contributed by atoms with van der Waals surface area (Å²) in [6, 6.07) is 9.80. The number of nitrogens with zero attached hydrogens (tertiary/aromatic N) is 1. The molecule has 1 aromatic rings. The number of ketones is 1. The Kier molecular flexibility index (Phi) is 5.11. The van der Waals surface area contributed by atoms with Gasteiger partial charge in [-0.25, -0.2) is 0 Å². The highest BCUT2D eigenvalue weighted by Crippen LogP contribution is 2.28. The summed E-state index contributed by atoms with van der Waals surface area (Å²) in [6.45, 7) is 3.72. The number of carbonyl (C=O) groups excluding carboxylic acids is 1. The first kappa shape index (κ1) is 16.2. The van der Waals surface area contributed by atoms with Crippen LogP contribution in [0.15, 0.2) is 53.8 Å². The number of hydrogen-bond donors (Lipinski definition) is 1. The molecular formula is C19H23NO2S. The van der Waals surface area contributed by atoms with Gasteiger partial charge in [-0.05, 0) is 56.0 Å². The van der Waals surface area contributed by atoms with Gasteiger partial charge in [-0.3, -0.25) is 4.79 Å². The number of benzene rings is 1. The van der Waals surface area contributed by atoms with Crippen LogP contribution in [-0.4, -0.2) is 35.1 Å². The average Bonchev–Trinajstić information content (AvgIpc) is 3.02. The van der Waals surface area contributed by atoms with Crippen molar-refractivity contribution in [3.63, 3.8) is 0 Å². The molecule has 122 valence electrons. The van der Waals surface area contributed by atoms with Gasteiger partial charge in [-0.15, -0.1) is 0 Å². The van der Waals surface area contributed by atoms with Crippen molar-refractivity contribution < 1.29 is 9.53 Å². The van der Waals surface area contributed by atoms with Crippen molar-refractivity contribution in [2.24, 2.45) is 0 Å². The maximum Gasteiger partial charge on any atom is 0.155 e. The lowest BCUT2D eigenvalue weighted by molar-refractivity contribution is -0.113. The minimum Gasteiger partial charge on any atom is -0.485 e. The van der Waals surface area contributed by atoms with Crippen molar-refractivity contribution in [2.45, 2.75) is 37.5 Å². The number of para-hydroxylation sites is 1. The summed E-state index contributed by atoms with van der Waals surface area (Å²) < 4.78 is 6.14. The predicted molar refractivity (Wildman–Crippen MR) is 95.9 cm³/mol. The number of likely N-dealkylation sites (tertiary alicyclic amines) is 1. The van der Waals surface area contributed by atoms with E-state index in [2.05, 4.69) is 11.0 Å². The standard InChI is InChI=1S/C19H23NO2S/c1-14(21)15-11-16(20-9-5-6-10-20)13-18(19(23)12-15)22-17-7-3-2-4-8-17/h2-4,7-8,11,13,18-19,23H,5-6,9-10,12H2,1H3. The van der Waals surface area contributed by atoms with Gasteiger partial charge in [0.05, 0.1) is 0 Å². The van der Waals surface area contributed by atoms with E-state index in [0.29, 0.717) is 6.42 Å². The Balaban J connectivity index is 1.87. The fourth-order valence-electron chi connectivity index (χ4n) is 3.09. The van der Waals surface area contributed by atoms with Crippen LogP contribution in [0.3, 0.4) is 0 Å². The second-order valence-corrected chi connectivity index (χ2v) is 6.84. The van der Waals surface area contributed by atoms with Gasteiger partial charge in [0.25, 0.3) is 0 Å². The van der Waals surface area contributed by atoms with E-state index >= 15 is 0 Å². The molecule has 0 aromatic heterocycles. The molecule has 0 bridgehead atoms. The quantitative estimate of drug-likeness (QED) is 0.856. The van der Waals surface area contributed by atoms with Gasteiger partial charge in [0.15, 0.2) is 5.78 Å². The highest BCUT2D eigenvalue weighted by atomic mass is 32.1. The Morgan fingerprint density at radius 3 is 2.57 bits per heavy atom. The van der Waals surface area contributed by atoms with Gasteiger partial charge in [0, 0.05) is 24.0 Å². The molecule has 1 aliphatic heterocycles. The lowest BCUT2D eigenvalue weighted by Crippen LogP contribution is -2.27. The number of hydrogen-bond acceptors (Lipinski definition) is 4. The summed E-state index contributed by atoms with van der Waals surface area (Å²) in [6.07, 6.45) is 7.05. The minimum atomic E-state index is -0.149. The molecule has 1 heterocycles.